The van der Waals surface area contributed by atoms with Crippen molar-refractivity contribution in [2.75, 3.05) is 19.6 Å². The van der Waals surface area contributed by atoms with Gasteiger partial charge in [0.15, 0.2) is 0 Å². The van der Waals surface area contributed by atoms with Crippen molar-refractivity contribution in [3.8, 4) is 0 Å². The highest BCUT2D eigenvalue weighted by Crippen LogP contribution is 2.32. The molecule has 1 fully saturated rings. The van der Waals surface area contributed by atoms with E-state index in [1.807, 2.05) is 30.4 Å². The van der Waals surface area contributed by atoms with Crippen LogP contribution in [-0.2, 0) is 11.3 Å². The minimum atomic E-state index is -0.777. The lowest BCUT2D eigenvalue weighted by atomic mass is 10.0. The van der Waals surface area contributed by atoms with Gasteiger partial charge in [-0.1, -0.05) is 25.4 Å². The highest BCUT2D eigenvalue weighted by Gasteiger charge is 2.26. The highest BCUT2D eigenvalue weighted by molar-refractivity contribution is 7.22. The second-order valence-corrected chi connectivity index (χ2v) is 11.3. The molecule has 2 N–H and O–H groups in total. The molecule has 1 amide bonds. The molecule has 1 atom stereocenters. The van der Waals surface area contributed by atoms with Gasteiger partial charge in [0.1, 0.15) is 17.9 Å². The maximum Gasteiger partial charge on any atom is 0.291 e. The van der Waals surface area contributed by atoms with E-state index >= 15 is 0 Å². The Morgan fingerprint density at radius 1 is 1.38 bits per heavy atom. The number of amides is 1. The SMILES string of the molecule is CC(C)c1nn(CC(=O)N[C@@H]2CCCN(CC(C)(C)O)C2)c(=O)c2cc3sc(Cl)cc3n12. The van der Waals surface area contributed by atoms with Crippen molar-refractivity contribution in [2.24, 2.45) is 0 Å². The van der Waals surface area contributed by atoms with E-state index in [9.17, 15) is 14.7 Å². The Hall–Kier alpha value is -1.94. The van der Waals surface area contributed by atoms with E-state index in [0.717, 1.165) is 29.6 Å². The van der Waals surface area contributed by atoms with E-state index in [1.165, 1.54) is 16.0 Å². The lowest BCUT2D eigenvalue weighted by molar-refractivity contribution is -0.123. The number of piperidine rings is 1. The zero-order valence-corrected chi connectivity index (χ0v) is 20.5. The van der Waals surface area contributed by atoms with Crippen molar-refractivity contribution in [3.63, 3.8) is 0 Å². The Labute approximate surface area is 195 Å². The second kappa shape index (κ2) is 8.78. The first-order valence-corrected chi connectivity index (χ1v) is 12.2. The highest BCUT2D eigenvalue weighted by atomic mass is 35.5. The number of carbonyl (C=O) groups excluding carboxylic acids is 1. The first kappa shape index (κ1) is 23.2. The molecule has 4 heterocycles. The van der Waals surface area contributed by atoms with Crippen molar-refractivity contribution in [2.45, 2.75) is 64.6 Å². The molecule has 0 saturated carbocycles. The van der Waals surface area contributed by atoms with Crippen molar-refractivity contribution >= 4 is 44.6 Å². The van der Waals surface area contributed by atoms with Gasteiger partial charge in [-0.2, -0.15) is 5.10 Å². The first-order valence-electron chi connectivity index (χ1n) is 11.0. The van der Waals surface area contributed by atoms with E-state index in [-0.39, 0.29) is 30.0 Å². The Kier molecular flexibility index (Phi) is 6.37. The lowest BCUT2D eigenvalue weighted by Gasteiger charge is -2.36. The van der Waals surface area contributed by atoms with Crippen LogP contribution >= 0.6 is 22.9 Å². The summed E-state index contributed by atoms with van der Waals surface area (Å²) in [7, 11) is 0. The molecule has 3 aromatic rings. The van der Waals surface area contributed by atoms with Gasteiger partial charge in [-0.25, -0.2) is 4.68 Å². The molecular weight excluding hydrogens is 450 g/mol. The van der Waals surface area contributed by atoms with Crippen LogP contribution < -0.4 is 10.9 Å². The van der Waals surface area contributed by atoms with Crippen LogP contribution in [0, 0.1) is 0 Å². The number of likely N-dealkylation sites (tertiary alicyclic amines) is 1. The average Bonchev–Trinajstić information content (AvgIpc) is 3.19. The monoisotopic (exact) mass is 479 g/mol. The molecule has 1 saturated heterocycles. The van der Waals surface area contributed by atoms with Gasteiger partial charge in [-0.05, 0) is 45.4 Å². The second-order valence-electron chi connectivity index (χ2n) is 9.59. The molecular formula is C22H30ClN5O3S. The number of aromatic nitrogens is 3. The standard InChI is InChI=1S/C22H30ClN5O3S/c1-13(2)20-25-27(21(30)16-8-17-15(28(16)20)9-18(23)32-17)11-19(29)24-14-6-5-7-26(10-14)12-22(3,4)31/h8-9,13-14,31H,5-7,10-12H2,1-4H3,(H,24,29)/t14-/m1/s1. The van der Waals surface area contributed by atoms with E-state index in [1.54, 1.807) is 13.8 Å². The summed E-state index contributed by atoms with van der Waals surface area (Å²) in [6.45, 7) is 9.61. The summed E-state index contributed by atoms with van der Waals surface area (Å²) in [6, 6.07) is 3.66. The average molecular weight is 480 g/mol. The molecule has 174 valence electrons. The van der Waals surface area contributed by atoms with E-state index < -0.39 is 5.60 Å². The van der Waals surface area contributed by atoms with Crippen molar-refractivity contribution in [3.05, 3.63) is 32.6 Å². The number of thiophene rings is 1. The molecule has 1 aliphatic heterocycles. The van der Waals surface area contributed by atoms with Gasteiger partial charge < -0.3 is 10.4 Å². The molecule has 4 rings (SSSR count). The van der Waals surface area contributed by atoms with Gasteiger partial charge in [0.05, 0.1) is 20.2 Å². The van der Waals surface area contributed by atoms with Gasteiger partial charge in [0, 0.05) is 25.0 Å². The largest absolute Gasteiger partial charge is 0.389 e. The van der Waals surface area contributed by atoms with E-state index in [0.29, 0.717) is 28.8 Å². The molecule has 0 aromatic carbocycles. The molecule has 0 unspecified atom stereocenters. The van der Waals surface area contributed by atoms with Gasteiger partial charge in [0.2, 0.25) is 5.91 Å². The van der Waals surface area contributed by atoms with Crippen LogP contribution in [0.15, 0.2) is 16.9 Å². The van der Waals surface area contributed by atoms with Crippen molar-refractivity contribution in [1.82, 2.24) is 24.4 Å². The van der Waals surface area contributed by atoms with E-state index in [2.05, 4.69) is 15.3 Å². The molecule has 32 heavy (non-hydrogen) atoms. The minimum absolute atomic E-state index is 0.0108. The minimum Gasteiger partial charge on any atom is -0.389 e. The number of nitrogens with zero attached hydrogens (tertiary/aromatic N) is 4. The van der Waals surface area contributed by atoms with Crippen molar-refractivity contribution in [1.29, 1.82) is 0 Å². The zero-order valence-electron chi connectivity index (χ0n) is 18.9. The van der Waals surface area contributed by atoms with Crippen molar-refractivity contribution < 1.29 is 9.90 Å². The van der Waals surface area contributed by atoms with E-state index in [4.69, 9.17) is 11.6 Å². The maximum absolute atomic E-state index is 13.1. The topological polar surface area (TPSA) is 91.9 Å². The maximum atomic E-state index is 13.1. The predicted octanol–water partition coefficient (Wildman–Crippen LogP) is 2.84. The molecule has 0 bridgehead atoms. The Balaban J connectivity index is 1.55. The quantitative estimate of drug-likeness (QED) is 0.567. The fourth-order valence-corrected chi connectivity index (χ4v) is 5.63. The summed E-state index contributed by atoms with van der Waals surface area (Å²) >= 11 is 7.59. The Bertz CT molecular complexity index is 1210. The summed E-state index contributed by atoms with van der Waals surface area (Å²) < 4.78 is 4.71. The van der Waals surface area contributed by atoms with Gasteiger partial charge in [-0.3, -0.25) is 18.9 Å². The number of hydrogen-bond acceptors (Lipinski definition) is 6. The fourth-order valence-electron chi connectivity index (χ4n) is 4.47. The lowest BCUT2D eigenvalue weighted by Crippen LogP contribution is -2.51. The number of β-amino-alcohol motifs (C(OH)–C–C–N with tert-alkyl or cyclic N) is 1. The van der Waals surface area contributed by atoms with Gasteiger partial charge in [-0.15, -0.1) is 11.3 Å². The third-order valence-corrected chi connectivity index (χ3v) is 6.86. The molecule has 0 aliphatic carbocycles. The summed E-state index contributed by atoms with van der Waals surface area (Å²) in [5, 5.41) is 17.7. The Morgan fingerprint density at radius 2 is 2.12 bits per heavy atom. The smallest absolute Gasteiger partial charge is 0.291 e. The third kappa shape index (κ3) is 4.85. The summed E-state index contributed by atoms with van der Waals surface area (Å²) in [5.41, 5.74) is 0.301. The number of hydrogen-bond donors (Lipinski definition) is 2. The number of rotatable bonds is 6. The van der Waals surface area contributed by atoms with Crippen LogP contribution in [0.2, 0.25) is 4.34 Å². The van der Waals surface area contributed by atoms with Crippen LogP contribution in [0.1, 0.15) is 52.3 Å². The normalized spacial score (nSPS) is 18.2. The predicted molar refractivity (Wildman–Crippen MR) is 128 cm³/mol. The summed E-state index contributed by atoms with van der Waals surface area (Å²) in [5.74, 6) is 0.534. The molecule has 8 nitrogen and oxygen atoms in total. The van der Waals surface area contributed by atoms with Gasteiger partial charge >= 0.3 is 0 Å². The van der Waals surface area contributed by atoms with Crippen LogP contribution in [0.3, 0.4) is 0 Å². The molecule has 1 aliphatic rings. The number of carbonyl (C=O) groups is 1. The summed E-state index contributed by atoms with van der Waals surface area (Å²) in [6.07, 6.45) is 1.83. The molecule has 3 aromatic heterocycles. The number of halogens is 1. The number of fused-ring (bicyclic) bond motifs is 3. The molecule has 0 radical (unpaired) electrons. The first-order chi connectivity index (χ1) is 15.0. The molecule has 10 heteroatoms. The fraction of sp³-hybridized carbons (Fsp3) is 0.591. The van der Waals surface area contributed by atoms with Crippen LogP contribution in [0.4, 0.5) is 0 Å². The van der Waals surface area contributed by atoms with Gasteiger partial charge in [0.25, 0.3) is 5.56 Å². The van der Waals surface area contributed by atoms with Crippen LogP contribution in [0.25, 0.3) is 15.7 Å². The Morgan fingerprint density at radius 3 is 2.81 bits per heavy atom. The van der Waals surface area contributed by atoms with Crippen LogP contribution in [0.5, 0.6) is 0 Å². The van der Waals surface area contributed by atoms with Crippen LogP contribution in [-0.4, -0.2) is 61.4 Å². The molecule has 0 spiro atoms. The third-order valence-electron chi connectivity index (χ3n) is 5.66. The zero-order chi connectivity index (χ0) is 23.2. The number of nitrogens with one attached hydrogen (secondary N) is 1. The summed E-state index contributed by atoms with van der Waals surface area (Å²) in [4.78, 5) is 28.1. The number of aliphatic hydroxyl groups is 1.